The van der Waals surface area contributed by atoms with E-state index in [0.29, 0.717) is 5.41 Å². The van der Waals surface area contributed by atoms with E-state index in [1.165, 1.54) is 18.5 Å². The fraction of sp³-hybridized carbons (Fsp3) is 0.600. The van der Waals surface area contributed by atoms with Gasteiger partial charge in [0, 0.05) is 23.2 Å². The molecule has 0 saturated carbocycles. The van der Waals surface area contributed by atoms with E-state index in [0.717, 1.165) is 23.1 Å². The van der Waals surface area contributed by atoms with Gasteiger partial charge < -0.3 is 10.0 Å². The summed E-state index contributed by atoms with van der Waals surface area (Å²) in [6.07, 6.45) is 2.13. The summed E-state index contributed by atoms with van der Waals surface area (Å²) in [4.78, 5) is 2.44. The van der Waals surface area contributed by atoms with Gasteiger partial charge >= 0.3 is 0 Å². The van der Waals surface area contributed by atoms with Crippen molar-refractivity contribution in [2.75, 3.05) is 18.0 Å². The van der Waals surface area contributed by atoms with Gasteiger partial charge in [0.2, 0.25) is 0 Å². The summed E-state index contributed by atoms with van der Waals surface area (Å²) >= 11 is 3.56. The van der Waals surface area contributed by atoms with E-state index >= 15 is 0 Å². The first-order valence-electron chi connectivity index (χ1n) is 6.61. The molecule has 100 valence electrons. The molecular weight excluding hydrogens is 290 g/mol. The van der Waals surface area contributed by atoms with Crippen molar-refractivity contribution in [3.63, 3.8) is 0 Å². The lowest BCUT2D eigenvalue weighted by molar-refractivity contribution is 0.198. The minimum absolute atomic E-state index is 0.396. The highest BCUT2D eigenvalue weighted by Gasteiger charge is 2.26. The first kappa shape index (κ1) is 13.9. The van der Waals surface area contributed by atoms with E-state index in [1.54, 1.807) is 6.92 Å². The zero-order valence-corrected chi connectivity index (χ0v) is 13.0. The molecule has 2 nitrogen and oxygen atoms in total. The van der Waals surface area contributed by atoms with Crippen molar-refractivity contribution < 1.29 is 5.11 Å². The summed E-state index contributed by atoms with van der Waals surface area (Å²) in [6, 6.07) is 6.27. The zero-order chi connectivity index (χ0) is 13.3. The predicted octanol–water partition coefficient (Wildman–Crippen LogP) is 4.13. The van der Waals surface area contributed by atoms with Gasteiger partial charge in [-0.1, -0.05) is 35.8 Å². The standard InChI is InChI=1S/C15H22BrNO/c1-11(18)13-6-5-12(9-14(13)16)17-8-4-7-15(2,3)10-17/h5-6,9,11,18H,4,7-8,10H2,1-3H3/t11-/m0/s1. The summed E-state index contributed by atoms with van der Waals surface area (Å²) in [6.45, 7) is 8.69. The van der Waals surface area contributed by atoms with Gasteiger partial charge in [-0.15, -0.1) is 0 Å². The average molecular weight is 312 g/mol. The normalized spacial score (nSPS) is 20.8. The minimum Gasteiger partial charge on any atom is -0.389 e. The van der Waals surface area contributed by atoms with Gasteiger partial charge in [0.05, 0.1) is 6.10 Å². The van der Waals surface area contributed by atoms with Crippen molar-refractivity contribution >= 4 is 21.6 Å². The van der Waals surface area contributed by atoms with Gasteiger partial charge in [-0.05, 0) is 42.9 Å². The lowest BCUT2D eigenvalue weighted by Gasteiger charge is -2.39. The zero-order valence-electron chi connectivity index (χ0n) is 11.4. The summed E-state index contributed by atoms with van der Waals surface area (Å²) in [7, 11) is 0. The van der Waals surface area contributed by atoms with Crippen LogP contribution in [0.5, 0.6) is 0 Å². The quantitative estimate of drug-likeness (QED) is 0.887. The number of benzene rings is 1. The van der Waals surface area contributed by atoms with Crippen molar-refractivity contribution in [2.45, 2.75) is 39.7 Å². The van der Waals surface area contributed by atoms with Crippen LogP contribution in [0.15, 0.2) is 22.7 Å². The molecule has 3 heteroatoms. The monoisotopic (exact) mass is 311 g/mol. The summed E-state index contributed by atoms with van der Waals surface area (Å²) in [5, 5.41) is 9.65. The molecule has 18 heavy (non-hydrogen) atoms. The van der Waals surface area contributed by atoms with E-state index in [1.807, 2.05) is 6.07 Å². The number of aliphatic hydroxyl groups excluding tert-OH is 1. The topological polar surface area (TPSA) is 23.5 Å². The molecule has 0 amide bonds. The maximum absolute atomic E-state index is 9.65. The van der Waals surface area contributed by atoms with Gasteiger partial charge in [0.1, 0.15) is 0 Å². The van der Waals surface area contributed by atoms with Crippen LogP contribution in [0.2, 0.25) is 0 Å². The fourth-order valence-electron chi connectivity index (χ4n) is 2.70. The van der Waals surface area contributed by atoms with Crippen LogP contribution < -0.4 is 4.90 Å². The third-order valence-electron chi connectivity index (χ3n) is 3.70. The van der Waals surface area contributed by atoms with Crippen LogP contribution in [0.4, 0.5) is 5.69 Å². The first-order valence-corrected chi connectivity index (χ1v) is 7.41. The third kappa shape index (κ3) is 3.07. The number of aliphatic hydroxyl groups is 1. The molecule has 1 aromatic carbocycles. The van der Waals surface area contributed by atoms with Crippen LogP contribution in [0.3, 0.4) is 0 Å². The Kier molecular flexibility index (Phi) is 4.02. The van der Waals surface area contributed by atoms with E-state index in [4.69, 9.17) is 0 Å². The number of piperidine rings is 1. The number of hydrogen-bond acceptors (Lipinski definition) is 2. The molecule has 1 fully saturated rings. The summed E-state index contributed by atoms with van der Waals surface area (Å²) in [5.74, 6) is 0. The highest BCUT2D eigenvalue weighted by molar-refractivity contribution is 9.10. The van der Waals surface area contributed by atoms with Crippen LogP contribution in [-0.4, -0.2) is 18.2 Å². The van der Waals surface area contributed by atoms with Gasteiger partial charge in [0.25, 0.3) is 0 Å². The largest absolute Gasteiger partial charge is 0.389 e. The van der Waals surface area contributed by atoms with Gasteiger partial charge in [-0.2, -0.15) is 0 Å². The predicted molar refractivity (Wildman–Crippen MR) is 80.0 cm³/mol. The first-order chi connectivity index (χ1) is 8.39. The maximum atomic E-state index is 9.65. The van der Waals surface area contributed by atoms with E-state index < -0.39 is 6.10 Å². The van der Waals surface area contributed by atoms with Gasteiger partial charge in [-0.25, -0.2) is 0 Å². The Morgan fingerprint density at radius 2 is 2.11 bits per heavy atom. The molecular formula is C15H22BrNO. The molecule has 1 N–H and O–H groups in total. The van der Waals surface area contributed by atoms with E-state index in [2.05, 4.69) is 46.8 Å². The second-order valence-corrected chi connectivity index (χ2v) is 6.93. The Morgan fingerprint density at radius 3 is 2.67 bits per heavy atom. The molecule has 0 spiro atoms. The highest BCUT2D eigenvalue weighted by Crippen LogP contribution is 2.34. The number of halogens is 1. The van der Waals surface area contributed by atoms with Crippen molar-refractivity contribution in [3.8, 4) is 0 Å². The Hall–Kier alpha value is -0.540. The van der Waals surface area contributed by atoms with Crippen LogP contribution in [0.1, 0.15) is 45.3 Å². The van der Waals surface area contributed by atoms with Crippen LogP contribution in [-0.2, 0) is 0 Å². The summed E-state index contributed by atoms with van der Waals surface area (Å²) in [5.41, 5.74) is 2.60. The molecule has 0 aromatic heterocycles. The molecule has 1 aliphatic rings. The lowest BCUT2D eigenvalue weighted by atomic mass is 9.84. The van der Waals surface area contributed by atoms with E-state index in [-0.39, 0.29) is 0 Å². The number of anilines is 1. The van der Waals surface area contributed by atoms with Gasteiger partial charge in [-0.3, -0.25) is 0 Å². The molecule has 1 aromatic rings. The number of nitrogens with zero attached hydrogens (tertiary/aromatic N) is 1. The Morgan fingerprint density at radius 1 is 1.39 bits per heavy atom. The molecule has 0 unspecified atom stereocenters. The van der Waals surface area contributed by atoms with Crippen molar-refractivity contribution in [1.29, 1.82) is 0 Å². The summed E-state index contributed by atoms with van der Waals surface area (Å²) < 4.78 is 0.998. The second-order valence-electron chi connectivity index (χ2n) is 6.07. The lowest BCUT2D eigenvalue weighted by Crippen LogP contribution is -2.40. The maximum Gasteiger partial charge on any atom is 0.0772 e. The second kappa shape index (κ2) is 5.22. The fourth-order valence-corrected chi connectivity index (χ4v) is 3.39. The highest BCUT2D eigenvalue weighted by atomic mass is 79.9. The molecule has 1 aliphatic heterocycles. The Bertz CT molecular complexity index is 429. The minimum atomic E-state index is -0.425. The van der Waals surface area contributed by atoms with Crippen molar-refractivity contribution in [3.05, 3.63) is 28.2 Å². The van der Waals surface area contributed by atoms with Gasteiger partial charge in [0.15, 0.2) is 0 Å². The molecule has 1 atom stereocenters. The SMILES string of the molecule is C[C@H](O)c1ccc(N2CCCC(C)(C)C2)cc1Br. The number of hydrogen-bond donors (Lipinski definition) is 1. The smallest absolute Gasteiger partial charge is 0.0772 e. The third-order valence-corrected chi connectivity index (χ3v) is 4.39. The molecule has 0 radical (unpaired) electrons. The molecule has 1 saturated heterocycles. The average Bonchev–Trinajstić information content (AvgIpc) is 2.27. The van der Waals surface area contributed by atoms with Crippen LogP contribution in [0.25, 0.3) is 0 Å². The number of rotatable bonds is 2. The molecule has 0 aliphatic carbocycles. The Balaban J connectivity index is 2.21. The molecule has 2 rings (SSSR count). The Labute approximate surface area is 118 Å². The molecule has 1 heterocycles. The van der Waals surface area contributed by atoms with Crippen molar-refractivity contribution in [1.82, 2.24) is 0 Å². The molecule has 0 bridgehead atoms. The van der Waals surface area contributed by atoms with Crippen LogP contribution in [0, 0.1) is 5.41 Å². The van der Waals surface area contributed by atoms with Crippen LogP contribution >= 0.6 is 15.9 Å². The van der Waals surface area contributed by atoms with E-state index in [9.17, 15) is 5.11 Å². The van der Waals surface area contributed by atoms with Crippen molar-refractivity contribution in [2.24, 2.45) is 5.41 Å².